The molecule has 20 heavy (non-hydrogen) atoms. The van der Waals surface area contributed by atoms with Crippen molar-refractivity contribution < 1.29 is 9.59 Å². The third-order valence-corrected chi connectivity index (χ3v) is 5.64. The predicted octanol–water partition coefficient (Wildman–Crippen LogP) is 2.23. The van der Waals surface area contributed by atoms with Crippen molar-refractivity contribution in [3.05, 3.63) is 0 Å². The maximum absolute atomic E-state index is 12.9. The van der Waals surface area contributed by atoms with Crippen LogP contribution in [0.1, 0.15) is 64.7 Å². The minimum absolute atomic E-state index is 0.0363. The fraction of sp³-hybridized carbons (Fsp3) is 0.875. The van der Waals surface area contributed by atoms with E-state index in [2.05, 4.69) is 12.2 Å². The Kier molecular flexibility index (Phi) is 3.74. The van der Waals surface area contributed by atoms with Gasteiger partial charge in [0.25, 0.3) is 0 Å². The molecule has 2 saturated carbocycles. The second kappa shape index (κ2) is 5.38. The Morgan fingerprint density at radius 1 is 1.10 bits per heavy atom. The van der Waals surface area contributed by atoms with Crippen molar-refractivity contribution in [1.82, 2.24) is 10.2 Å². The van der Waals surface area contributed by atoms with E-state index in [1.165, 1.54) is 32.1 Å². The van der Waals surface area contributed by atoms with Gasteiger partial charge in [-0.05, 0) is 38.5 Å². The van der Waals surface area contributed by atoms with Crippen LogP contribution in [0.4, 0.5) is 0 Å². The number of nitrogens with one attached hydrogen (secondary N) is 1. The van der Waals surface area contributed by atoms with Crippen molar-refractivity contribution >= 4 is 11.8 Å². The number of carbonyl (C=O) groups is 2. The summed E-state index contributed by atoms with van der Waals surface area (Å²) in [7, 11) is 0. The van der Waals surface area contributed by atoms with Gasteiger partial charge < -0.3 is 10.2 Å². The molecule has 1 aliphatic heterocycles. The first-order valence-electron chi connectivity index (χ1n) is 8.24. The van der Waals surface area contributed by atoms with Gasteiger partial charge in [0.2, 0.25) is 11.8 Å². The van der Waals surface area contributed by atoms with Crippen LogP contribution in [0.5, 0.6) is 0 Å². The average Bonchev–Trinajstić information content (AvgIpc) is 2.92. The quantitative estimate of drug-likeness (QED) is 0.842. The van der Waals surface area contributed by atoms with Gasteiger partial charge in [-0.3, -0.25) is 9.59 Å². The molecule has 2 amide bonds. The first kappa shape index (κ1) is 13.9. The van der Waals surface area contributed by atoms with Crippen LogP contribution < -0.4 is 5.32 Å². The van der Waals surface area contributed by atoms with Crippen molar-refractivity contribution in [1.29, 1.82) is 0 Å². The van der Waals surface area contributed by atoms with E-state index >= 15 is 0 Å². The minimum atomic E-state index is -0.557. The number of nitrogens with zero attached hydrogens (tertiary/aromatic N) is 1. The number of piperazine rings is 1. The summed E-state index contributed by atoms with van der Waals surface area (Å²) in [5.41, 5.74) is -0.557. The molecule has 112 valence electrons. The fourth-order valence-corrected chi connectivity index (χ4v) is 4.38. The lowest BCUT2D eigenvalue weighted by atomic mass is 9.82. The second-order valence-electron chi connectivity index (χ2n) is 6.91. The molecule has 0 aromatic heterocycles. The third kappa shape index (κ3) is 2.33. The van der Waals surface area contributed by atoms with Gasteiger partial charge in [0.05, 0.1) is 6.54 Å². The van der Waals surface area contributed by atoms with Crippen molar-refractivity contribution in [2.45, 2.75) is 76.3 Å². The third-order valence-electron chi connectivity index (χ3n) is 5.64. The predicted molar refractivity (Wildman–Crippen MR) is 77.1 cm³/mol. The van der Waals surface area contributed by atoms with Gasteiger partial charge in [-0.25, -0.2) is 0 Å². The topological polar surface area (TPSA) is 49.4 Å². The summed E-state index contributed by atoms with van der Waals surface area (Å²) in [6.07, 6.45) is 10.0. The van der Waals surface area contributed by atoms with Crippen LogP contribution in [0, 0.1) is 5.92 Å². The van der Waals surface area contributed by atoms with Gasteiger partial charge in [-0.1, -0.05) is 32.1 Å². The molecule has 1 spiro atoms. The van der Waals surface area contributed by atoms with Crippen LogP contribution in [0.15, 0.2) is 0 Å². The van der Waals surface area contributed by atoms with Gasteiger partial charge in [0, 0.05) is 6.04 Å². The molecule has 1 unspecified atom stereocenters. The normalized spacial score (nSPS) is 28.8. The molecule has 4 heteroatoms. The summed E-state index contributed by atoms with van der Waals surface area (Å²) in [5.74, 6) is 0.805. The van der Waals surface area contributed by atoms with Crippen molar-refractivity contribution in [2.75, 3.05) is 6.54 Å². The highest BCUT2D eigenvalue weighted by Crippen LogP contribution is 2.36. The molecule has 1 N–H and O–H groups in total. The maximum Gasteiger partial charge on any atom is 0.249 e. The Morgan fingerprint density at radius 3 is 2.40 bits per heavy atom. The van der Waals surface area contributed by atoms with E-state index in [-0.39, 0.29) is 24.4 Å². The summed E-state index contributed by atoms with van der Waals surface area (Å²) in [6.45, 7) is 2.41. The first-order chi connectivity index (χ1) is 9.62. The zero-order valence-electron chi connectivity index (χ0n) is 12.5. The van der Waals surface area contributed by atoms with Gasteiger partial charge in [0.15, 0.2) is 0 Å². The molecule has 0 aromatic rings. The van der Waals surface area contributed by atoms with Crippen molar-refractivity contribution in [3.8, 4) is 0 Å². The smallest absolute Gasteiger partial charge is 0.249 e. The summed E-state index contributed by atoms with van der Waals surface area (Å²) in [6, 6.07) is 0.214. The molecular formula is C16H26N2O2. The highest BCUT2D eigenvalue weighted by atomic mass is 16.2. The molecule has 0 bridgehead atoms. The molecule has 1 atom stereocenters. The van der Waals surface area contributed by atoms with E-state index < -0.39 is 5.54 Å². The Balaban J connectivity index is 1.77. The monoisotopic (exact) mass is 278 g/mol. The Hall–Kier alpha value is -1.06. The lowest BCUT2D eigenvalue weighted by molar-refractivity contribution is -0.153. The zero-order chi connectivity index (χ0) is 14.2. The van der Waals surface area contributed by atoms with Crippen LogP contribution in [-0.2, 0) is 9.59 Å². The average molecular weight is 278 g/mol. The number of rotatable bonds is 2. The Morgan fingerprint density at radius 2 is 1.75 bits per heavy atom. The number of amides is 2. The Labute approximate surface area is 121 Å². The van der Waals surface area contributed by atoms with Gasteiger partial charge in [-0.2, -0.15) is 0 Å². The Bertz CT molecular complexity index is 395. The fourth-order valence-electron chi connectivity index (χ4n) is 4.38. The molecule has 1 saturated heterocycles. The summed E-state index contributed by atoms with van der Waals surface area (Å²) in [4.78, 5) is 26.8. The molecular weight excluding hydrogens is 252 g/mol. The molecule has 0 aromatic carbocycles. The van der Waals surface area contributed by atoms with Crippen LogP contribution >= 0.6 is 0 Å². The lowest BCUT2D eigenvalue weighted by Crippen LogP contribution is -2.67. The summed E-state index contributed by atoms with van der Waals surface area (Å²) >= 11 is 0. The molecule has 3 rings (SSSR count). The highest BCUT2D eigenvalue weighted by Gasteiger charge is 2.49. The van der Waals surface area contributed by atoms with Crippen LogP contribution in [0.3, 0.4) is 0 Å². The standard InChI is InChI=1S/C16H26N2O2/c1-12(13-7-3-2-4-8-13)18-11-14(19)17-16(15(18)20)9-5-6-10-16/h12-13H,2-11H2,1H3,(H,17,19). The van der Waals surface area contributed by atoms with Crippen molar-refractivity contribution in [3.63, 3.8) is 0 Å². The highest BCUT2D eigenvalue weighted by molar-refractivity contribution is 5.98. The van der Waals surface area contributed by atoms with Crippen LogP contribution in [-0.4, -0.2) is 34.8 Å². The molecule has 3 fully saturated rings. The largest absolute Gasteiger partial charge is 0.340 e. The maximum atomic E-state index is 12.9. The van der Waals surface area contributed by atoms with E-state index in [1.54, 1.807) is 0 Å². The molecule has 3 aliphatic rings. The lowest BCUT2D eigenvalue weighted by Gasteiger charge is -2.45. The van der Waals surface area contributed by atoms with Gasteiger partial charge in [0.1, 0.15) is 5.54 Å². The molecule has 2 aliphatic carbocycles. The number of hydrogen-bond acceptors (Lipinski definition) is 2. The number of carbonyl (C=O) groups excluding carboxylic acids is 2. The van der Waals surface area contributed by atoms with Crippen LogP contribution in [0.25, 0.3) is 0 Å². The van der Waals surface area contributed by atoms with E-state index in [1.807, 2.05) is 4.90 Å². The van der Waals surface area contributed by atoms with E-state index in [4.69, 9.17) is 0 Å². The first-order valence-corrected chi connectivity index (χ1v) is 8.24. The molecule has 1 heterocycles. The summed E-state index contributed by atoms with van der Waals surface area (Å²) < 4.78 is 0. The summed E-state index contributed by atoms with van der Waals surface area (Å²) in [5, 5.41) is 3.00. The van der Waals surface area contributed by atoms with E-state index in [9.17, 15) is 9.59 Å². The number of hydrogen-bond donors (Lipinski definition) is 1. The van der Waals surface area contributed by atoms with Gasteiger partial charge >= 0.3 is 0 Å². The minimum Gasteiger partial charge on any atom is -0.340 e. The van der Waals surface area contributed by atoms with E-state index in [0.717, 1.165) is 25.7 Å². The van der Waals surface area contributed by atoms with E-state index in [0.29, 0.717) is 5.92 Å². The zero-order valence-corrected chi connectivity index (χ0v) is 12.5. The van der Waals surface area contributed by atoms with Crippen molar-refractivity contribution in [2.24, 2.45) is 5.92 Å². The second-order valence-corrected chi connectivity index (χ2v) is 6.91. The SMILES string of the molecule is CC(C1CCCCC1)N1CC(=O)NC2(CCCC2)C1=O. The molecule has 4 nitrogen and oxygen atoms in total. The molecule has 0 radical (unpaired) electrons. The van der Waals surface area contributed by atoms with Crippen LogP contribution in [0.2, 0.25) is 0 Å². The van der Waals surface area contributed by atoms with Gasteiger partial charge in [-0.15, -0.1) is 0 Å².